The first-order valence-electron chi connectivity index (χ1n) is 6.54. The lowest BCUT2D eigenvalue weighted by molar-refractivity contribution is 0.166. The van der Waals surface area contributed by atoms with Crippen molar-refractivity contribution in [3.63, 3.8) is 0 Å². The van der Waals surface area contributed by atoms with Gasteiger partial charge in [0.1, 0.15) is 5.82 Å². The molecule has 1 heterocycles. The summed E-state index contributed by atoms with van der Waals surface area (Å²) in [4.78, 5) is 2.32. The summed E-state index contributed by atoms with van der Waals surface area (Å²) < 4.78 is 14.1. The summed E-state index contributed by atoms with van der Waals surface area (Å²) in [6.07, 6.45) is 0.875. The number of hydrogen-bond donors (Lipinski definition) is 1. The number of rotatable bonds is 3. The highest BCUT2D eigenvalue weighted by molar-refractivity contribution is 6.32. The number of piperazine rings is 1. The van der Waals surface area contributed by atoms with Crippen LogP contribution in [-0.4, -0.2) is 31.1 Å². The van der Waals surface area contributed by atoms with Crippen LogP contribution in [0.25, 0.3) is 0 Å². The van der Waals surface area contributed by atoms with Gasteiger partial charge in [-0.2, -0.15) is 0 Å². The van der Waals surface area contributed by atoms with Crippen molar-refractivity contribution in [2.75, 3.05) is 26.2 Å². The summed E-state index contributed by atoms with van der Waals surface area (Å²) in [6.45, 7) is 7.83. The van der Waals surface area contributed by atoms with E-state index >= 15 is 0 Å². The minimum Gasteiger partial charge on any atom is -0.314 e. The van der Waals surface area contributed by atoms with Crippen LogP contribution in [0.5, 0.6) is 0 Å². The number of benzene rings is 1. The number of halogens is 4. The third-order valence-electron chi connectivity index (χ3n) is 3.63. The molecule has 2 rings (SSSR count). The van der Waals surface area contributed by atoms with Gasteiger partial charge < -0.3 is 5.32 Å². The Bertz CT molecular complexity index is 423. The lowest BCUT2D eigenvalue weighted by atomic mass is 9.99. The fraction of sp³-hybridized carbons (Fsp3) is 0.571. The molecule has 1 saturated heterocycles. The molecule has 1 atom stereocenters. The molecular weight excluding hydrogens is 322 g/mol. The third kappa shape index (κ3) is 4.22. The van der Waals surface area contributed by atoms with Crippen LogP contribution in [-0.2, 0) is 0 Å². The van der Waals surface area contributed by atoms with Gasteiger partial charge in [0, 0.05) is 37.8 Å². The minimum absolute atomic E-state index is 0. The number of aryl methyl sites for hydroxylation is 1. The minimum atomic E-state index is -0.184. The van der Waals surface area contributed by atoms with Crippen molar-refractivity contribution in [2.45, 2.75) is 26.3 Å². The Kier molecular flexibility index (Phi) is 9.03. The van der Waals surface area contributed by atoms with Crippen molar-refractivity contribution in [3.05, 3.63) is 34.1 Å². The topological polar surface area (TPSA) is 15.3 Å². The van der Waals surface area contributed by atoms with E-state index < -0.39 is 0 Å². The van der Waals surface area contributed by atoms with E-state index in [4.69, 9.17) is 11.6 Å². The van der Waals surface area contributed by atoms with Crippen LogP contribution in [0, 0.1) is 12.7 Å². The molecule has 116 valence electrons. The van der Waals surface area contributed by atoms with Gasteiger partial charge in [0.15, 0.2) is 0 Å². The van der Waals surface area contributed by atoms with Crippen molar-refractivity contribution < 1.29 is 4.39 Å². The molecule has 1 aromatic carbocycles. The van der Waals surface area contributed by atoms with E-state index in [2.05, 4.69) is 17.1 Å². The normalized spacial score (nSPS) is 17.0. The van der Waals surface area contributed by atoms with E-state index in [9.17, 15) is 4.39 Å². The summed E-state index contributed by atoms with van der Waals surface area (Å²) in [5.74, 6) is -0.184. The van der Waals surface area contributed by atoms with E-state index in [1.165, 1.54) is 6.07 Å². The van der Waals surface area contributed by atoms with E-state index in [1.54, 1.807) is 6.07 Å². The zero-order chi connectivity index (χ0) is 13.1. The second-order valence-corrected chi connectivity index (χ2v) is 5.18. The standard InChI is InChI=1S/C14H20ClFN2.2ClH/c1-3-12(18-8-6-17-7-9-18)13-11(16)5-4-10(2)14(13)15;;/h4-5,12,17H,3,6-9H2,1-2H3;2*1H/t12-;;/m1../s1. The smallest absolute Gasteiger partial charge is 0.129 e. The Morgan fingerprint density at radius 1 is 1.30 bits per heavy atom. The first kappa shape index (κ1) is 19.9. The average Bonchev–Trinajstić information content (AvgIpc) is 2.40. The third-order valence-corrected chi connectivity index (χ3v) is 4.13. The molecule has 0 unspecified atom stereocenters. The monoisotopic (exact) mass is 342 g/mol. The van der Waals surface area contributed by atoms with E-state index in [1.807, 2.05) is 6.92 Å². The van der Waals surface area contributed by atoms with Crippen LogP contribution in [0.15, 0.2) is 12.1 Å². The maximum atomic E-state index is 14.1. The van der Waals surface area contributed by atoms with Gasteiger partial charge in [0.05, 0.1) is 5.02 Å². The number of hydrogen-bond acceptors (Lipinski definition) is 2. The van der Waals surface area contributed by atoms with Gasteiger partial charge in [-0.1, -0.05) is 24.6 Å². The molecule has 0 radical (unpaired) electrons. The molecule has 0 bridgehead atoms. The van der Waals surface area contributed by atoms with Crippen molar-refractivity contribution in [1.82, 2.24) is 10.2 Å². The molecule has 0 aromatic heterocycles. The highest BCUT2D eigenvalue weighted by atomic mass is 35.5. The molecule has 1 aliphatic heterocycles. The molecule has 1 fully saturated rings. The second kappa shape index (κ2) is 9.06. The molecule has 6 heteroatoms. The maximum Gasteiger partial charge on any atom is 0.129 e. The van der Waals surface area contributed by atoms with Crippen LogP contribution < -0.4 is 5.32 Å². The van der Waals surface area contributed by atoms with Gasteiger partial charge in [0.25, 0.3) is 0 Å². The largest absolute Gasteiger partial charge is 0.314 e. The lowest BCUT2D eigenvalue weighted by Gasteiger charge is -2.35. The van der Waals surface area contributed by atoms with Crippen LogP contribution >= 0.6 is 36.4 Å². The number of nitrogens with zero attached hydrogens (tertiary/aromatic N) is 1. The molecule has 0 aliphatic carbocycles. The van der Waals surface area contributed by atoms with Crippen molar-refractivity contribution in [1.29, 1.82) is 0 Å². The van der Waals surface area contributed by atoms with Crippen LogP contribution in [0.2, 0.25) is 5.02 Å². The van der Waals surface area contributed by atoms with Crippen LogP contribution in [0.1, 0.15) is 30.5 Å². The Morgan fingerprint density at radius 2 is 1.90 bits per heavy atom. The van der Waals surface area contributed by atoms with Crippen molar-refractivity contribution in [2.24, 2.45) is 0 Å². The van der Waals surface area contributed by atoms with Gasteiger partial charge in [-0.05, 0) is 25.0 Å². The Morgan fingerprint density at radius 3 is 2.45 bits per heavy atom. The Labute approximate surface area is 137 Å². The molecule has 0 spiro atoms. The fourth-order valence-corrected chi connectivity index (χ4v) is 2.90. The van der Waals surface area contributed by atoms with Gasteiger partial charge in [-0.15, -0.1) is 24.8 Å². The summed E-state index contributed by atoms with van der Waals surface area (Å²) >= 11 is 6.31. The van der Waals surface area contributed by atoms with Crippen LogP contribution in [0.3, 0.4) is 0 Å². The predicted molar refractivity (Wildman–Crippen MR) is 88.1 cm³/mol. The van der Waals surface area contributed by atoms with Gasteiger partial charge in [0.2, 0.25) is 0 Å². The molecule has 2 nitrogen and oxygen atoms in total. The Hall–Kier alpha value is -0.0600. The molecule has 0 amide bonds. The highest BCUT2D eigenvalue weighted by Gasteiger charge is 2.25. The fourth-order valence-electron chi connectivity index (χ4n) is 2.62. The number of nitrogens with one attached hydrogen (secondary N) is 1. The summed E-state index contributed by atoms with van der Waals surface area (Å²) in [6, 6.07) is 3.35. The zero-order valence-corrected chi connectivity index (χ0v) is 14.2. The lowest BCUT2D eigenvalue weighted by Crippen LogP contribution is -2.45. The Balaban J connectivity index is 0.00000180. The summed E-state index contributed by atoms with van der Waals surface area (Å²) in [5.41, 5.74) is 1.61. The van der Waals surface area contributed by atoms with E-state index in [-0.39, 0.29) is 36.7 Å². The molecule has 0 saturated carbocycles. The van der Waals surface area contributed by atoms with E-state index in [0.717, 1.165) is 38.2 Å². The summed E-state index contributed by atoms with van der Waals surface area (Å²) in [5, 5.41) is 3.90. The molecule has 1 aromatic rings. The average molecular weight is 344 g/mol. The molecule has 20 heavy (non-hydrogen) atoms. The summed E-state index contributed by atoms with van der Waals surface area (Å²) in [7, 11) is 0. The first-order valence-corrected chi connectivity index (χ1v) is 6.92. The maximum absolute atomic E-state index is 14.1. The highest BCUT2D eigenvalue weighted by Crippen LogP contribution is 2.34. The molecular formula is C14H22Cl3FN2. The van der Waals surface area contributed by atoms with Gasteiger partial charge >= 0.3 is 0 Å². The van der Waals surface area contributed by atoms with Crippen molar-refractivity contribution in [3.8, 4) is 0 Å². The second-order valence-electron chi connectivity index (χ2n) is 4.80. The van der Waals surface area contributed by atoms with Crippen molar-refractivity contribution >= 4 is 36.4 Å². The van der Waals surface area contributed by atoms with Gasteiger partial charge in [-0.3, -0.25) is 4.90 Å². The molecule has 1 aliphatic rings. The SMILES string of the molecule is CC[C@H](c1c(F)ccc(C)c1Cl)N1CCNCC1.Cl.Cl. The van der Waals surface area contributed by atoms with E-state index in [0.29, 0.717) is 10.6 Å². The molecule has 1 N–H and O–H groups in total. The quantitative estimate of drug-likeness (QED) is 0.893. The van der Waals surface area contributed by atoms with Gasteiger partial charge in [-0.25, -0.2) is 4.39 Å². The van der Waals surface area contributed by atoms with Crippen LogP contribution in [0.4, 0.5) is 4.39 Å². The predicted octanol–water partition coefficient (Wildman–Crippen LogP) is 3.99. The first-order chi connectivity index (χ1) is 8.65. The zero-order valence-electron chi connectivity index (χ0n) is 11.8.